The summed E-state index contributed by atoms with van der Waals surface area (Å²) in [5.74, 6) is 2.36. The topological polar surface area (TPSA) is 58.0 Å². The lowest BCUT2D eigenvalue weighted by molar-refractivity contribution is 0.0168. The molecule has 1 aromatic rings. The fraction of sp³-hybridized carbons (Fsp3) is 0.611. The first kappa shape index (κ1) is 16.9. The van der Waals surface area contributed by atoms with Crippen LogP contribution in [0.5, 0.6) is 17.2 Å². The molecule has 0 N–H and O–H groups in total. The van der Waals surface area contributed by atoms with Gasteiger partial charge in [-0.3, -0.25) is 9.80 Å². The Labute approximate surface area is 143 Å². The van der Waals surface area contributed by atoms with Gasteiger partial charge in [-0.25, -0.2) is 0 Å². The number of nitriles is 1. The maximum Gasteiger partial charge on any atom is 0.167 e. The third-order valence-electron chi connectivity index (χ3n) is 5.54. The highest BCUT2D eigenvalue weighted by Crippen LogP contribution is 2.51. The zero-order chi connectivity index (χ0) is 17.6. The predicted molar refractivity (Wildman–Crippen MR) is 90.9 cm³/mol. The Morgan fingerprint density at radius 1 is 1.04 bits per heavy atom. The number of rotatable bonds is 3. The average Bonchev–Trinajstić information content (AvgIpc) is 2.56. The zero-order valence-electron chi connectivity index (χ0n) is 15.2. The molecule has 0 unspecified atom stereocenters. The Hall–Kier alpha value is -1.97. The minimum Gasteiger partial charge on any atom is -0.496 e. The van der Waals surface area contributed by atoms with Crippen LogP contribution in [0.25, 0.3) is 0 Å². The quantitative estimate of drug-likeness (QED) is 0.841. The van der Waals surface area contributed by atoms with Gasteiger partial charge in [0.15, 0.2) is 11.5 Å². The van der Waals surface area contributed by atoms with Gasteiger partial charge in [0.2, 0.25) is 0 Å². The van der Waals surface area contributed by atoms with Crippen molar-refractivity contribution in [3.05, 3.63) is 16.7 Å². The average molecular weight is 331 g/mol. The number of benzene rings is 1. The molecule has 0 radical (unpaired) electrons. The van der Waals surface area contributed by atoms with Crippen LogP contribution in [0.1, 0.15) is 22.7 Å². The molecule has 6 heteroatoms. The maximum absolute atomic E-state index is 9.61. The zero-order valence-corrected chi connectivity index (χ0v) is 15.2. The third kappa shape index (κ3) is 2.15. The van der Waals surface area contributed by atoms with Crippen LogP contribution in [0, 0.1) is 18.3 Å². The van der Waals surface area contributed by atoms with Crippen molar-refractivity contribution in [2.24, 2.45) is 0 Å². The van der Waals surface area contributed by atoms with Gasteiger partial charge in [0.05, 0.1) is 33.4 Å². The minimum absolute atomic E-state index is 0.127. The van der Waals surface area contributed by atoms with Crippen LogP contribution >= 0.6 is 0 Å². The molecule has 0 amide bonds. The van der Waals surface area contributed by atoms with Crippen molar-refractivity contribution in [1.82, 2.24) is 9.80 Å². The van der Waals surface area contributed by atoms with Crippen molar-refractivity contribution in [1.29, 1.82) is 5.26 Å². The number of piperazine rings is 1. The molecule has 2 aliphatic rings. The Morgan fingerprint density at radius 2 is 1.67 bits per heavy atom. The minimum atomic E-state index is -0.127. The molecule has 130 valence electrons. The second-order valence-electron chi connectivity index (χ2n) is 6.58. The molecule has 0 aliphatic carbocycles. The summed E-state index contributed by atoms with van der Waals surface area (Å²) in [6.07, 6.45) is 0.759. The lowest BCUT2D eigenvalue weighted by Crippen LogP contribution is -2.60. The summed E-state index contributed by atoms with van der Waals surface area (Å²) < 4.78 is 17.1. The Morgan fingerprint density at radius 3 is 2.21 bits per heavy atom. The van der Waals surface area contributed by atoms with Gasteiger partial charge in [0.25, 0.3) is 0 Å². The van der Waals surface area contributed by atoms with Gasteiger partial charge in [0, 0.05) is 29.3 Å². The van der Waals surface area contributed by atoms with Crippen LogP contribution < -0.4 is 14.2 Å². The first-order valence-electron chi connectivity index (χ1n) is 8.13. The van der Waals surface area contributed by atoms with Gasteiger partial charge in [-0.2, -0.15) is 5.26 Å². The van der Waals surface area contributed by atoms with Crippen LogP contribution in [-0.4, -0.2) is 63.9 Å². The number of ether oxygens (including phenoxy) is 3. The van der Waals surface area contributed by atoms with E-state index in [1.54, 1.807) is 21.3 Å². The lowest BCUT2D eigenvalue weighted by Gasteiger charge is -2.51. The van der Waals surface area contributed by atoms with E-state index in [4.69, 9.17) is 14.2 Å². The maximum atomic E-state index is 9.61. The summed E-state index contributed by atoms with van der Waals surface area (Å²) >= 11 is 0. The van der Waals surface area contributed by atoms with Crippen LogP contribution in [0.3, 0.4) is 0 Å². The molecule has 2 heterocycles. The second kappa shape index (κ2) is 6.15. The summed E-state index contributed by atoms with van der Waals surface area (Å²) in [6, 6.07) is 2.62. The third-order valence-corrected chi connectivity index (χ3v) is 5.54. The van der Waals surface area contributed by atoms with Crippen LogP contribution in [0.15, 0.2) is 0 Å². The highest BCUT2D eigenvalue weighted by Gasteiger charge is 2.46. The summed E-state index contributed by atoms with van der Waals surface area (Å²) in [5.41, 5.74) is 3.22. The fourth-order valence-electron chi connectivity index (χ4n) is 4.37. The summed E-state index contributed by atoms with van der Waals surface area (Å²) in [7, 11) is 9.14. The van der Waals surface area contributed by atoms with Crippen molar-refractivity contribution >= 4 is 0 Å². The SMILES string of the molecule is COc1c(C)c(OC)c(OC)c2c1C[C@H]1[C@H](C#N)N(C)C[C@@H]2N1C. The molecule has 6 nitrogen and oxygen atoms in total. The lowest BCUT2D eigenvalue weighted by atomic mass is 9.80. The van der Waals surface area contributed by atoms with Gasteiger partial charge in [0.1, 0.15) is 11.8 Å². The van der Waals surface area contributed by atoms with Crippen LogP contribution in [-0.2, 0) is 6.42 Å². The summed E-state index contributed by atoms with van der Waals surface area (Å²) in [4.78, 5) is 4.43. The van der Waals surface area contributed by atoms with E-state index in [1.807, 2.05) is 14.0 Å². The first-order chi connectivity index (χ1) is 11.5. The van der Waals surface area contributed by atoms with E-state index in [-0.39, 0.29) is 18.1 Å². The van der Waals surface area contributed by atoms with Crippen LogP contribution in [0.4, 0.5) is 0 Å². The van der Waals surface area contributed by atoms with E-state index >= 15 is 0 Å². The van der Waals surface area contributed by atoms with Gasteiger partial charge in [-0.15, -0.1) is 0 Å². The monoisotopic (exact) mass is 331 g/mol. The van der Waals surface area contributed by atoms with Crippen molar-refractivity contribution in [2.75, 3.05) is 42.0 Å². The molecule has 1 saturated heterocycles. The van der Waals surface area contributed by atoms with Gasteiger partial charge in [-0.1, -0.05) is 0 Å². The van der Waals surface area contributed by atoms with E-state index in [0.29, 0.717) is 0 Å². The molecule has 1 fully saturated rings. The second-order valence-corrected chi connectivity index (χ2v) is 6.58. The number of likely N-dealkylation sites (N-methyl/N-ethyl adjacent to an activating group) is 2. The smallest absolute Gasteiger partial charge is 0.167 e. The summed E-state index contributed by atoms with van der Waals surface area (Å²) in [5, 5.41) is 9.61. The molecule has 3 atom stereocenters. The van der Waals surface area contributed by atoms with Gasteiger partial charge < -0.3 is 14.2 Å². The number of hydrogen-bond donors (Lipinski definition) is 0. The van der Waals surface area contributed by atoms with E-state index in [1.165, 1.54) is 0 Å². The largest absolute Gasteiger partial charge is 0.496 e. The molecule has 0 aromatic heterocycles. The highest BCUT2D eigenvalue weighted by atomic mass is 16.5. The molecule has 24 heavy (non-hydrogen) atoms. The number of nitrogens with zero attached hydrogens (tertiary/aromatic N) is 3. The van der Waals surface area contributed by atoms with E-state index < -0.39 is 0 Å². The van der Waals surface area contributed by atoms with Crippen LogP contribution in [0.2, 0.25) is 0 Å². The Balaban J connectivity index is 2.28. The molecular weight excluding hydrogens is 306 g/mol. The molecule has 2 aliphatic heterocycles. The fourth-order valence-corrected chi connectivity index (χ4v) is 4.37. The van der Waals surface area contributed by atoms with Crippen molar-refractivity contribution < 1.29 is 14.2 Å². The van der Waals surface area contributed by atoms with Crippen molar-refractivity contribution in [3.63, 3.8) is 0 Å². The van der Waals surface area contributed by atoms with E-state index in [0.717, 1.165) is 46.9 Å². The highest BCUT2D eigenvalue weighted by molar-refractivity contribution is 5.65. The molecular formula is C18H25N3O3. The normalized spacial score (nSPS) is 26.5. The van der Waals surface area contributed by atoms with Crippen molar-refractivity contribution in [3.8, 4) is 23.3 Å². The van der Waals surface area contributed by atoms with E-state index in [2.05, 4.69) is 22.9 Å². The standard InChI is InChI=1S/C18H25N3O3/c1-10-16(22-4)11-7-12-13(8-19)20(2)9-14(21(12)3)15(11)18(24-6)17(10)23-5/h12-14H,7,9H2,1-6H3/t12-,13-,14-/m0/s1. The number of methoxy groups -OCH3 is 3. The molecule has 3 rings (SSSR count). The Kier molecular flexibility index (Phi) is 4.33. The van der Waals surface area contributed by atoms with Gasteiger partial charge >= 0.3 is 0 Å². The summed E-state index contributed by atoms with van der Waals surface area (Å²) in [6.45, 7) is 2.76. The molecule has 1 aromatic carbocycles. The van der Waals surface area contributed by atoms with Gasteiger partial charge in [-0.05, 0) is 27.4 Å². The number of fused-ring (bicyclic) bond motifs is 4. The molecule has 0 spiro atoms. The van der Waals surface area contributed by atoms with Crippen molar-refractivity contribution in [2.45, 2.75) is 31.5 Å². The molecule has 0 saturated carbocycles. The molecule has 2 bridgehead atoms. The number of hydrogen-bond acceptors (Lipinski definition) is 6. The van der Waals surface area contributed by atoms with E-state index in [9.17, 15) is 5.26 Å². The predicted octanol–water partition coefficient (Wildman–Crippen LogP) is 1.76. The Bertz CT molecular complexity index is 698. The first-order valence-corrected chi connectivity index (χ1v) is 8.13.